The van der Waals surface area contributed by atoms with Gasteiger partial charge >= 0.3 is 0 Å². The molecule has 0 aliphatic carbocycles. The molecule has 1 N–H and O–H groups in total. The van der Waals surface area contributed by atoms with E-state index in [1.165, 1.54) is 0 Å². The Morgan fingerprint density at radius 1 is 1.28 bits per heavy atom. The van der Waals surface area contributed by atoms with E-state index in [1.54, 1.807) is 6.07 Å². The van der Waals surface area contributed by atoms with E-state index in [-0.39, 0.29) is 0 Å². The first kappa shape index (κ1) is 13.2. The molecule has 0 amide bonds. The Morgan fingerprint density at radius 2 is 1.94 bits per heavy atom. The molecule has 0 spiro atoms. The largest absolute Gasteiger partial charge is 0.369 e. The molecule has 1 aliphatic rings. The van der Waals surface area contributed by atoms with Crippen LogP contribution in [0.15, 0.2) is 18.2 Å². The van der Waals surface area contributed by atoms with Gasteiger partial charge in [0.05, 0.1) is 11.9 Å². The first-order valence-corrected chi connectivity index (χ1v) is 7.76. The van der Waals surface area contributed by atoms with Crippen molar-refractivity contribution in [3.63, 3.8) is 0 Å². The summed E-state index contributed by atoms with van der Waals surface area (Å²) in [5.74, 6) is 0. The predicted octanol–water partition coefficient (Wildman–Crippen LogP) is 0.610. The van der Waals surface area contributed by atoms with Crippen molar-refractivity contribution in [1.82, 2.24) is 4.90 Å². The van der Waals surface area contributed by atoms with Crippen molar-refractivity contribution >= 4 is 21.4 Å². The summed E-state index contributed by atoms with van der Waals surface area (Å²) in [6, 6.07) is 8.42. The molecule has 1 aliphatic heterocycles. The molecule has 1 heterocycles. The summed E-state index contributed by atoms with van der Waals surface area (Å²) >= 11 is 0. The van der Waals surface area contributed by atoms with Crippen molar-refractivity contribution in [1.29, 1.82) is 0 Å². The maximum absolute atomic E-state index is 11.2. The van der Waals surface area contributed by atoms with Crippen LogP contribution in [0, 0.1) is 6.07 Å². The molecule has 1 aromatic carbocycles. The van der Waals surface area contributed by atoms with E-state index in [0.29, 0.717) is 5.69 Å². The number of anilines is 2. The molecule has 1 saturated heterocycles. The first-order valence-electron chi connectivity index (χ1n) is 5.87. The van der Waals surface area contributed by atoms with Gasteiger partial charge in [-0.15, -0.1) is 0 Å². The number of piperazine rings is 1. The molecule has 1 aromatic rings. The van der Waals surface area contributed by atoms with Gasteiger partial charge < -0.3 is 9.80 Å². The fourth-order valence-electron chi connectivity index (χ4n) is 1.97. The Balaban J connectivity index is 2.12. The van der Waals surface area contributed by atoms with Crippen molar-refractivity contribution in [2.24, 2.45) is 0 Å². The Kier molecular flexibility index (Phi) is 3.77. The second-order valence-electron chi connectivity index (χ2n) is 4.63. The lowest BCUT2D eigenvalue weighted by Gasteiger charge is -2.34. The van der Waals surface area contributed by atoms with E-state index < -0.39 is 10.0 Å². The number of nitrogens with one attached hydrogen (secondary N) is 1. The van der Waals surface area contributed by atoms with Gasteiger partial charge in [0.25, 0.3) is 0 Å². The molecular weight excluding hydrogens is 250 g/mol. The lowest BCUT2D eigenvalue weighted by Crippen LogP contribution is -2.44. The SMILES string of the molecule is CN1CCN(c2cc[c]c(NS(C)(=O)=O)c2)CC1. The molecule has 0 aromatic heterocycles. The number of rotatable bonds is 3. The van der Waals surface area contributed by atoms with Gasteiger partial charge in [0.1, 0.15) is 0 Å². The van der Waals surface area contributed by atoms with Crippen molar-refractivity contribution < 1.29 is 8.42 Å². The maximum Gasteiger partial charge on any atom is 0.229 e. The normalized spacial score (nSPS) is 17.8. The third-order valence-corrected chi connectivity index (χ3v) is 3.54. The predicted molar refractivity (Wildman–Crippen MR) is 73.5 cm³/mol. The van der Waals surface area contributed by atoms with E-state index in [0.717, 1.165) is 38.1 Å². The smallest absolute Gasteiger partial charge is 0.229 e. The first-order chi connectivity index (χ1) is 8.44. The minimum Gasteiger partial charge on any atom is -0.369 e. The van der Waals surface area contributed by atoms with Gasteiger partial charge in [-0.1, -0.05) is 6.07 Å². The highest BCUT2D eigenvalue weighted by Crippen LogP contribution is 2.20. The quantitative estimate of drug-likeness (QED) is 0.873. The van der Waals surface area contributed by atoms with Crippen LogP contribution in [0.3, 0.4) is 0 Å². The Morgan fingerprint density at radius 3 is 2.56 bits per heavy atom. The minimum absolute atomic E-state index is 0.494. The zero-order valence-electron chi connectivity index (χ0n) is 10.7. The summed E-state index contributed by atoms with van der Waals surface area (Å²) in [5.41, 5.74) is 1.53. The highest BCUT2D eigenvalue weighted by molar-refractivity contribution is 7.92. The lowest BCUT2D eigenvalue weighted by atomic mass is 10.2. The standard InChI is InChI=1S/C12H18N3O2S/c1-14-6-8-15(9-7-14)12-5-3-4-11(10-12)13-18(2,16)17/h3,5,10,13H,6-9H2,1-2H3. The van der Waals surface area contributed by atoms with Crippen LogP contribution >= 0.6 is 0 Å². The Hall–Kier alpha value is -1.27. The molecule has 0 atom stereocenters. The van der Waals surface area contributed by atoms with Crippen LogP contribution in [0.5, 0.6) is 0 Å². The monoisotopic (exact) mass is 268 g/mol. The number of benzene rings is 1. The highest BCUT2D eigenvalue weighted by Gasteiger charge is 2.14. The molecular formula is C12H18N3O2S. The summed E-state index contributed by atoms with van der Waals surface area (Å²) < 4.78 is 24.8. The molecule has 6 heteroatoms. The Labute approximate surface area is 108 Å². The van der Waals surface area contributed by atoms with Crippen LogP contribution in [0.2, 0.25) is 0 Å². The molecule has 99 valence electrons. The van der Waals surface area contributed by atoms with Gasteiger partial charge in [-0.2, -0.15) is 0 Å². The van der Waals surface area contributed by atoms with E-state index in [9.17, 15) is 8.42 Å². The second-order valence-corrected chi connectivity index (χ2v) is 6.37. The fourth-order valence-corrected chi connectivity index (χ4v) is 2.49. The van der Waals surface area contributed by atoms with Crippen molar-refractivity contribution in [2.45, 2.75) is 0 Å². The molecule has 0 bridgehead atoms. The van der Waals surface area contributed by atoms with Crippen LogP contribution in [0.1, 0.15) is 0 Å². The van der Waals surface area contributed by atoms with Gasteiger partial charge in [-0.25, -0.2) is 8.42 Å². The van der Waals surface area contributed by atoms with Crippen molar-refractivity contribution in [3.05, 3.63) is 24.3 Å². The number of likely N-dealkylation sites (N-methyl/N-ethyl adjacent to an activating group) is 1. The summed E-state index contributed by atoms with van der Waals surface area (Å²) in [7, 11) is -1.14. The topological polar surface area (TPSA) is 52.6 Å². The van der Waals surface area contributed by atoms with E-state index in [1.807, 2.05) is 12.1 Å². The summed E-state index contributed by atoms with van der Waals surface area (Å²) in [5, 5.41) is 0. The summed E-state index contributed by atoms with van der Waals surface area (Å²) in [6.45, 7) is 3.96. The van der Waals surface area contributed by atoms with Crippen molar-refractivity contribution in [3.8, 4) is 0 Å². The molecule has 0 unspecified atom stereocenters. The van der Waals surface area contributed by atoms with Gasteiger partial charge in [0.2, 0.25) is 10.0 Å². The molecule has 5 nitrogen and oxygen atoms in total. The zero-order valence-corrected chi connectivity index (χ0v) is 11.5. The average Bonchev–Trinajstić information content (AvgIpc) is 2.28. The third kappa shape index (κ3) is 3.61. The van der Waals surface area contributed by atoms with Crippen LogP contribution < -0.4 is 9.62 Å². The molecule has 1 fully saturated rings. The molecule has 0 saturated carbocycles. The van der Waals surface area contributed by atoms with E-state index in [4.69, 9.17) is 0 Å². The number of sulfonamides is 1. The lowest BCUT2D eigenvalue weighted by molar-refractivity contribution is 0.313. The van der Waals surface area contributed by atoms with Crippen LogP contribution in [0.4, 0.5) is 11.4 Å². The van der Waals surface area contributed by atoms with Gasteiger partial charge in [0, 0.05) is 37.9 Å². The van der Waals surface area contributed by atoms with Crippen molar-refractivity contribution in [2.75, 3.05) is 49.1 Å². The van der Waals surface area contributed by atoms with Crippen LogP contribution in [-0.4, -0.2) is 52.8 Å². The van der Waals surface area contributed by atoms with E-state index in [2.05, 4.69) is 27.6 Å². The van der Waals surface area contributed by atoms with Gasteiger partial charge in [-0.05, 0) is 19.2 Å². The fraction of sp³-hybridized carbons (Fsp3) is 0.500. The molecule has 1 radical (unpaired) electrons. The zero-order chi connectivity index (χ0) is 13.2. The van der Waals surface area contributed by atoms with Gasteiger partial charge in [-0.3, -0.25) is 4.72 Å². The maximum atomic E-state index is 11.2. The van der Waals surface area contributed by atoms with Crippen LogP contribution in [-0.2, 0) is 10.0 Å². The van der Waals surface area contributed by atoms with Gasteiger partial charge in [0.15, 0.2) is 0 Å². The summed E-state index contributed by atoms with van der Waals surface area (Å²) in [4.78, 5) is 4.53. The highest BCUT2D eigenvalue weighted by atomic mass is 32.2. The third-order valence-electron chi connectivity index (χ3n) is 2.95. The second kappa shape index (κ2) is 5.16. The molecule has 18 heavy (non-hydrogen) atoms. The number of hydrogen-bond acceptors (Lipinski definition) is 4. The van der Waals surface area contributed by atoms with E-state index >= 15 is 0 Å². The number of hydrogen-bond donors (Lipinski definition) is 1. The number of nitrogens with zero attached hydrogens (tertiary/aromatic N) is 2. The Bertz CT molecular complexity index is 508. The minimum atomic E-state index is -3.24. The molecule has 2 rings (SSSR count). The average molecular weight is 268 g/mol. The summed E-state index contributed by atoms with van der Waals surface area (Å²) in [6.07, 6.45) is 1.14. The van der Waals surface area contributed by atoms with Crippen LogP contribution in [0.25, 0.3) is 0 Å².